The average Bonchev–Trinajstić information content (AvgIpc) is 3.87. The largest absolute Gasteiger partial charge is 0.497 e. The Hall–Kier alpha value is -4.42. The molecule has 332 valence electrons. The van der Waals surface area contributed by atoms with Crippen LogP contribution in [0.2, 0.25) is 18.1 Å². The van der Waals surface area contributed by atoms with E-state index in [9.17, 15) is 10.1 Å². The van der Waals surface area contributed by atoms with Crippen LogP contribution in [0.5, 0.6) is 11.5 Å². The molecule has 3 aromatic carbocycles. The predicted octanol–water partition coefficient (Wildman–Crippen LogP) is 9.47. The van der Waals surface area contributed by atoms with Crippen molar-refractivity contribution in [2.45, 2.75) is 115 Å². The van der Waals surface area contributed by atoms with Crippen LogP contribution in [0.4, 0.5) is 0 Å². The third-order valence-electron chi connectivity index (χ3n) is 11.8. The first-order valence-corrected chi connectivity index (χ1v) is 25.2. The molecule has 6 rings (SSSR count). The lowest BCUT2D eigenvalue weighted by molar-refractivity contribution is -0.0928. The molecular formula is C47H62N5O8PSi. The number of methoxy groups -OCH3 is 2. The van der Waals surface area contributed by atoms with E-state index in [1.54, 1.807) is 32.8 Å². The number of imidazole rings is 1. The summed E-state index contributed by atoms with van der Waals surface area (Å²) in [5.41, 5.74) is 1.24. The molecule has 15 heteroatoms. The zero-order valence-electron chi connectivity index (χ0n) is 37.8. The van der Waals surface area contributed by atoms with Crippen molar-refractivity contribution < 1.29 is 32.4 Å². The number of rotatable bonds is 19. The number of fused-ring (bicyclic) bond motifs is 1. The van der Waals surface area contributed by atoms with E-state index < -0.39 is 47.0 Å². The summed E-state index contributed by atoms with van der Waals surface area (Å²) in [7, 11) is -1.06. The van der Waals surface area contributed by atoms with Crippen molar-refractivity contribution in [3.8, 4) is 17.6 Å². The second-order valence-electron chi connectivity index (χ2n) is 17.5. The van der Waals surface area contributed by atoms with E-state index in [1.807, 2.05) is 71.3 Å². The van der Waals surface area contributed by atoms with Gasteiger partial charge in [0.05, 0.1) is 39.9 Å². The monoisotopic (exact) mass is 883 g/mol. The van der Waals surface area contributed by atoms with Crippen LogP contribution >= 0.6 is 8.53 Å². The first-order chi connectivity index (χ1) is 29.6. The Balaban J connectivity index is 1.56. The molecule has 1 aliphatic rings. The molecule has 1 unspecified atom stereocenters. The number of benzene rings is 3. The molecule has 0 N–H and O–H groups in total. The van der Waals surface area contributed by atoms with Crippen LogP contribution in [0.1, 0.15) is 77.8 Å². The minimum Gasteiger partial charge on any atom is -0.497 e. The summed E-state index contributed by atoms with van der Waals surface area (Å²) < 4.78 is 52.9. The van der Waals surface area contributed by atoms with Crippen LogP contribution in [0.3, 0.4) is 0 Å². The fourth-order valence-electron chi connectivity index (χ4n) is 7.66. The van der Waals surface area contributed by atoms with Gasteiger partial charge in [0.25, 0.3) is 14.1 Å². The number of hydrogen-bond acceptors (Lipinski definition) is 11. The molecule has 0 saturated carbocycles. The lowest BCUT2D eigenvalue weighted by atomic mass is 9.80. The third-order valence-corrected chi connectivity index (χ3v) is 18.4. The number of hydrogen-bond donors (Lipinski definition) is 0. The molecular weight excluding hydrogens is 822 g/mol. The van der Waals surface area contributed by atoms with Gasteiger partial charge in [-0.05, 0) is 86.8 Å². The highest BCUT2D eigenvalue weighted by Crippen LogP contribution is 2.52. The van der Waals surface area contributed by atoms with Gasteiger partial charge < -0.3 is 32.4 Å². The molecule has 62 heavy (non-hydrogen) atoms. The van der Waals surface area contributed by atoms with E-state index in [0.29, 0.717) is 17.3 Å². The van der Waals surface area contributed by atoms with Gasteiger partial charge in [-0.25, -0.2) is 9.65 Å². The second-order valence-corrected chi connectivity index (χ2v) is 23.7. The predicted molar refractivity (Wildman–Crippen MR) is 244 cm³/mol. The summed E-state index contributed by atoms with van der Waals surface area (Å²) in [5.74, 6) is 1.82. The van der Waals surface area contributed by atoms with Crippen LogP contribution in [0, 0.1) is 11.3 Å². The Morgan fingerprint density at radius 1 is 0.855 bits per heavy atom. The maximum atomic E-state index is 13.1. The minimum atomic E-state index is -2.58. The van der Waals surface area contributed by atoms with Gasteiger partial charge in [0.1, 0.15) is 35.4 Å². The number of aromatic nitrogens is 3. The number of nitrogens with zero attached hydrogens (tertiary/aromatic N) is 5. The van der Waals surface area contributed by atoms with Gasteiger partial charge in [-0.1, -0.05) is 75.4 Å². The van der Waals surface area contributed by atoms with E-state index in [1.165, 1.54) is 10.5 Å². The van der Waals surface area contributed by atoms with Gasteiger partial charge >= 0.3 is 0 Å². The molecule has 1 fully saturated rings. The minimum absolute atomic E-state index is 0.0289. The Labute approximate surface area is 368 Å². The van der Waals surface area contributed by atoms with Gasteiger partial charge in [0.15, 0.2) is 14.5 Å². The van der Waals surface area contributed by atoms with Crippen molar-refractivity contribution >= 4 is 22.6 Å². The lowest BCUT2D eigenvalue weighted by Gasteiger charge is -2.42. The molecule has 5 atom stereocenters. The third kappa shape index (κ3) is 9.86. The van der Waals surface area contributed by atoms with Crippen molar-refractivity contribution in [2.24, 2.45) is 0 Å². The van der Waals surface area contributed by atoms with Crippen molar-refractivity contribution in [3.63, 3.8) is 0 Å². The summed E-state index contributed by atoms with van der Waals surface area (Å²) >= 11 is 0. The quantitative estimate of drug-likeness (QED) is 0.0340. The fraction of sp³-hybridized carbons (Fsp3) is 0.468. The molecule has 0 spiro atoms. The van der Waals surface area contributed by atoms with E-state index in [-0.39, 0.29) is 42.3 Å². The highest BCUT2D eigenvalue weighted by Gasteiger charge is 2.54. The summed E-state index contributed by atoms with van der Waals surface area (Å²) in [4.78, 5) is 17.7. The standard InChI is InChI=1S/C47H62N5O8PSi/c1-33(2)52(34(3)4)61(57-31-15-27-48)59-42-40(58-44(43(42)60-62(10,11)46(5,6)7)51-29-26-41(53)50-30-28-49-45(50)51)32-56-47(35-16-13-12-14-17-35,36-18-22-38(54-8)23-19-36)37-20-24-39(55-9)25-21-37/h12-14,16-26,28-30,33-34,40,42-44H,15,31-32H2,1-11H3/t40-,42-,43-,44-,61?/m1/s1. The smallest absolute Gasteiger partial charge is 0.259 e. The van der Waals surface area contributed by atoms with Crippen LogP contribution < -0.4 is 15.0 Å². The second kappa shape index (κ2) is 20.0. The summed E-state index contributed by atoms with van der Waals surface area (Å²) in [6, 6.07) is 29.7. The normalized spacial score (nSPS) is 19.0. The average molecular weight is 884 g/mol. The Morgan fingerprint density at radius 2 is 1.44 bits per heavy atom. The highest BCUT2D eigenvalue weighted by atomic mass is 31.2. The number of nitriles is 1. The first kappa shape index (κ1) is 47.1. The Kier molecular flexibility index (Phi) is 15.1. The van der Waals surface area contributed by atoms with Gasteiger partial charge in [-0.15, -0.1) is 0 Å². The summed E-state index contributed by atoms with van der Waals surface area (Å²) in [6.45, 7) is 19.6. The topological polar surface area (TPSA) is 131 Å². The maximum Gasteiger partial charge on any atom is 0.259 e. The molecule has 0 amide bonds. The van der Waals surface area contributed by atoms with E-state index in [2.05, 4.69) is 89.4 Å². The van der Waals surface area contributed by atoms with Crippen molar-refractivity contribution in [3.05, 3.63) is 131 Å². The molecule has 1 saturated heterocycles. The first-order valence-electron chi connectivity index (χ1n) is 21.2. The zero-order chi connectivity index (χ0) is 44.8. The number of ether oxygens (including phenoxy) is 4. The van der Waals surface area contributed by atoms with Crippen LogP contribution in [-0.4, -0.2) is 84.8 Å². The van der Waals surface area contributed by atoms with Crippen LogP contribution in [-0.2, 0) is 28.5 Å². The molecule has 0 radical (unpaired) electrons. The van der Waals surface area contributed by atoms with Gasteiger partial charge in [-0.3, -0.25) is 13.8 Å². The molecule has 0 bridgehead atoms. The fourth-order valence-corrected chi connectivity index (χ4v) is 10.7. The molecule has 0 aliphatic carbocycles. The lowest BCUT2D eigenvalue weighted by Crippen LogP contribution is -2.50. The molecule has 1 aliphatic heterocycles. The van der Waals surface area contributed by atoms with Crippen molar-refractivity contribution in [1.29, 1.82) is 5.26 Å². The van der Waals surface area contributed by atoms with Gasteiger partial charge in [0.2, 0.25) is 5.78 Å². The van der Waals surface area contributed by atoms with Crippen molar-refractivity contribution in [1.82, 2.24) is 18.6 Å². The molecule has 13 nitrogen and oxygen atoms in total. The van der Waals surface area contributed by atoms with E-state index >= 15 is 0 Å². The Bertz CT molecular complexity index is 2250. The maximum absolute atomic E-state index is 13.1. The molecule has 3 heterocycles. The summed E-state index contributed by atoms with van der Waals surface area (Å²) in [5, 5.41) is 9.38. The SMILES string of the molecule is COc1ccc(C(OC[C@H]2O[C@@H](n3ccc(=O)n4ccnc34)[C@H](O[Si](C)(C)C(C)(C)C)[C@@H]2OP(OCCC#N)N(C(C)C)C(C)C)(c2ccccc2)c2ccc(OC)cc2)cc1. The highest BCUT2D eigenvalue weighted by molar-refractivity contribution is 7.44. The van der Waals surface area contributed by atoms with Crippen LogP contribution in [0.25, 0.3) is 5.78 Å². The van der Waals surface area contributed by atoms with Crippen LogP contribution in [0.15, 0.2) is 108 Å². The molecule has 2 aromatic heterocycles. The molecule has 5 aromatic rings. The van der Waals surface area contributed by atoms with Crippen molar-refractivity contribution in [2.75, 3.05) is 27.4 Å². The van der Waals surface area contributed by atoms with E-state index in [4.69, 9.17) is 32.4 Å². The van der Waals surface area contributed by atoms with Gasteiger partial charge in [0, 0.05) is 36.7 Å². The Morgan fingerprint density at radius 3 is 1.97 bits per heavy atom. The zero-order valence-corrected chi connectivity index (χ0v) is 39.7. The van der Waals surface area contributed by atoms with Gasteiger partial charge in [-0.2, -0.15) is 5.26 Å². The van der Waals surface area contributed by atoms with E-state index in [0.717, 1.165) is 16.7 Å². The summed E-state index contributed by atoms with van der Waals surface area (Å²) in [6.07, 6.45) is 2.11.